The largest absolute Gasteiger partial charge is 0.489 e. The minimum Gasteiger partial charge on any atom is -0.489 e. The fraction of sp³-hybridized carbons (Fsp3) is 0.429. The summed E-state index contributed by atoms with van der Waals surface area (Å²) in [5.74, 6) is 2.27. The third kappa shape index (κ3) is 7.34. The summed E-state index contributed by atoms with van der Waals surface area (Å²) in [4.78, 5) is 11.2. The van der Waals surface area contributed by atoms with Gasteiger partial charge in [0, 0.05) is 25.7 Å². The van der Waals surface area contributed by atoms with Gasteiger partial charge in [-0.2, -0.15) is 4.98 Å². The number of aromatic nitrogens is 2. The average molecular weight is 587 g/mol. The summed E-state index contributed by atoms with van der Waals surface area (Å²) in [5, 5.41) is 6.53. The van der Waals surface area contributed by atoms with Gasteiger partial charge < -0.3 is 25.0 Å². The molecule has 0 radical (unpaired) electrons. The van der Waals surface area contributed by atoms with Gasteiger partial charge in [0.25, 0.3) is 0 Å². The molecule has 2 aromatic carbocycles. The van der Waals surface area contributed by atoms with Crippen molar-refractivity contribution in [3.8, 4) is 11.5 Å². The SMILES string of the molecule is CC(C)Oc1cc(O[C@@H]2CCN(C)C2)ccc1Nc1ncc(Cl)c(Nc2ccccc2S(=O)(=O)NCC2CC2)n1. The fourth-order valence-electron chi connectivity index (χ4n) is 4.41. The van der Waals surface area contributed by atoms with E-state index in [9.17, 15) is 8.42 Å². The van der Waals surface area contributed by atoms with Crippen LogP contribution in [0, 0.1) is 5.92 Å². The number of hydrogen-bond acceptors (Lipinski definition) is 9. The Bertz CT molecular complexity index is 1450. The topological polar surface area (TPSA) is 118 Å². The summed E-state index contributed by atoms with van der Waals surface area (Å²) in [5.41, 5.74) is 1.02. The van der Waals surface area contributed by atoms with Crippen molar-refractivity contribution >= 4 is 44.8 Å². The maximum atomic E-state index is 13.0. The third-order valence-corrected chi connectivity index (χ3v) is 8.40. The van der Waals surface area contributed by atoms with Crippen molar-refractivity contribution in [2.75, 3.05) is 37.3 Å². The maximum absolute atomic E-state index is 13.0. The van der Waals surface area contributed by atoms with Crippen molar-refractivity contribution in [2.45, 2.75) is 50.2 Å². The molecule has 2 aliphatic rings. The molecule has 1 aliphatic heterocycles. The second kappa shape index (κ2) is 12.2. The van der Waals surface area contributed by atoms with Crippen molar-refractivity contribution < 1.29 is 17.9 Å². The highest BCUT2D eigenvalue weighted by atomic mass is 35.5. The second-order valence-corrected chi connectivity index (χ2v) is 12.7. The van der Waals surface area contributed by atoms with E-state index < -0.39 is 10.0 Å². The molecule has 1 saturated heterocycles. The Kier molecular flexibility index (Phi) is 8.65. The molecule has 2 fully saturated rings. The highest BCUT2D eigenvalue weighted by Crippen LogP contribution is 2.35. The molecule has 0 spiro atoms. The van der Waals surface area contributed by atoms with E-state index in [0.717, 1.165) is 38.1 Å². The van der Waals surface area contributed by atoms with Gasteiger partial charge >= 0.3 is 0 Å². The highest BCUT2D eigenvalue weighted by molar-refractivity contribution is 7.89. The summed E-state index contributed by atoms with van der Waals surface area (Å²) in [7, 11) is -1.63. The zero-order valence-electron chi connectivity index (χ0n) is 22.9. The minimum atomic E-state index is -3.72. The van der Waals surface area contributed by atoms with Crippen LogP contribution in [0.2, 0.25) is 5.02 Å². The van der Waals surface area contributed by atoms with Gasteiger partial charge in [0.2, 0.25) is 16.0 Å². The van der Waals surface area contributed by atoms with Crippen LogP contribution in [-0.4, -0.2) is 62.2 Å². The highest BCUT2D eigenvalue weighted by Gasteiger charge is 2.26. The Balaban J connectivity index is 1.35. The van der Waals surface area contributed by atoms with Gasteiger partial charge in [-0.1, -0.05) is 23.7 Å². The summed E-state index contributed by atoms with van der Waals surface area (Å²) in [6, 6.07) is 12.3. The van der Waals surface area contributed by atoms with E-state index in [1.54, 1.807) is 24.3 Å². The molecule has 5 rings (SSSR count). The van der Waals surface area contributed by atoms with Crippen molar-refractivity contribution in [3.63, 3.8) is 0 Å². The van der Waals surface area contributed by atoms with Gasteiger partial charge in [-0.05, 0) is 70.3 Å². The van der Waals surface area contributed by atoms with E-state index in [4.69, 9.17) is 21.1 Å². The smallest absolute Gasteiger partial charge is 0.242 e. The van der Waals surface area contributed by atoms with Gasteiger partial charge in [0.05, 0.1) is 23.7 Å². The minimum absolute atomic E-state index is 0.0660. The lowest BCUT2D eigenvalue weighted by molar-refractivity contribution is 0.204. The Morgan fingerprint density at radius 2 is 1.90 bits per heavy atom. The van der Waals surface area contributed by atoms with E-state index in [2.05, 4.69) is 37.3 Å². The molecular weight excluding hydrogens is 552 g/mol. The van der Waals surface area contributed by atoms with Gasteiger partial charge in [-0.15, -0.1) is 0 Å². The van der Waals surface area contributed by atoms with Crippen LogP contribution in [0.1, 0.15) is 33.1 Å². The number of anilines is 4. The zero-order chi connectivity index (χ0) is 28.3. The van der Waals surface area contributed by atoms with Gasteiger partial charge in [-0.3, -0.25) is 0 Å². The number of halogens is 1. The lowest BCUT2D eigenvalue weighted by Gasteiger charge is -2.19. The summed E-state index contributed by atoms with van der Waals surface area (Å²) in [6.07, 6.45) is 4.60. The fourth-order valence-corrected chi connectivity index (χ4v) is 5.82. The Morgan fingerprint density at radius 3 is 2.62 bits per heavy atom. The van der Waals surface area contributed by atoms with Crippen LogP contribution < -0.4 is 24.8 Å². The first-order valence-corrected chi connectivity index (χ1v) is 15.3. The standard InChI is InChI=1S/C28H35ClN6O4S/c1-18(2)38-25-14-20(39-21-12-13-35(3)17-21)10-11-23(25)33-28-30-16-22(29)27(34-28)32-24-6-4-5-7-26(24)40(36,37)31-15-19-8-9-19/h4-7,10-11,14,16,18-19,21,31H,8-9,12-13,15,17H2,1-3H3,(H2,30,32,33,34)/t21-/m1/s1. The van der Waals surface area contributed by atoms with Crippen molar-refractivity contribution in [3.05, 3.63) is 53.7 Å². The molecule has 3 N–H and O–H groups in total. The van der Waals surface area contributed by atoms with Crippen molar-refractivity contribution in [2.24, 2.45) is 5.92 Å². The number of likely N-dealkylation sites (N-methyl/N-ethyl adjacent to an activating group) is 1. The first-order chi connectivity index (χ1) is 19.2. The predicted octanol–water partition coefficient (Wildman–Crippen LogP) is 5.18. The molecular formula is C28H35ClN6O4S. The monoisotopic (exact) mass is 586 g/mol. The van der Waals surface area contributed by atoms with E-state index in [-0.39, 0.29) is 33.9 Å². The molecule has 40 heavy (non-hydrogen) atoms. The van der Waals surface area contributed by atoms with Crippen LogP contribution in [-0.2, 0) is 10.0 Å². The Hall–Kier alpha value is -3.12. The van der Waals surface area contributed by atoms with Crippen LogP contribution in [0.15, 0.2) is 53.6 Å². The molecule has 0 bridgehead atoms. The van der Waals surface area contributed by atoms with Crippen LogP contribution in [0.3, 0.4) is 0 Å². The number of benzene rings is 2. The molecule has 1 saturated carbocycles. The van der Waals surface area contributed by atoms with E-state index in [1.165, 1.54) is 6.20 Å². The summed E-state index contributed by atoms with van der Waals surface area (Å²) in [6.45, 7) is 6.23. The number of sulfonamides is 1. The molecule has 10 nitrogen and oxygen atoms in total. The molecule has 1 aliphatic carbocycles. The summed E-state index contributed by atoms with van der Waals surface area (Å²) >= 11 is 6.41. The zero-order valence-corrected chi connectivity index (χ0v) is 24.4. The van der Waals surface area contributed by atoms with Gasteiger partial charge in [0.1, 0.15) is 27.5 Å². The number of hydrogen-bond donors (Lipinski definition) is 3. The quantitative estimate of drug-likeness (QED) is 0.264. The normalized spacial score (nSPS) is 17.7. The van der Waals surface area contributed by atoms with E-state index in [1.807, 2.05) is 32.0 Å². The number of ether oxygens (including phenoxy) is 2. The lowest BCUT2D eigenvalue weighted by Crippen LogP contribution is -2.26. The van der Waals surface area contributed by atoms with Crippen molar-refractivity contribution in [1.82, 2.24) is 19.6 Å². The number of para-hydroxylation sites is 1. The van der Waals surface area contributed by atoms with E-state index >= 15 is 0 Å². The molecule has 12 heteroatoms. The number of nitrogens with one attached hydrogen (secondary N) is 3. The first-order valence-electron chi connectivity index (χ1n) is 13.5. The van der Waals surface area contributed by atoms with Crippen LogP contribution in [0.5, 0.6) is 11.5 Å². The van der Waals surface area contributed by atoms with Crippen LogP contribution in [0.25, 0.3) is 0 Å². The predicted molar refractivity (Wildman–Crippen MR) is 157 cm³/mol. The third-order valence-electron chi connectivity index (χ3n) is 6.65. The maximum Gasteiger partial charge on any atom is 0.242 e. The van der Waals surface area contributed by atoms with Gasteiger partial charge in [0.15, 0.2) is 5.82 Å². The molecule has 1 atom stereocenters. The lowest BCUT2D eigenvalue weighted by atomic mass is 10.2. The van der Waals surface area contributed by atoms with E-state index in [0.29, 0.717) is 29.6 Å². The van der Waals surface area contributed by atoms with Crippen LogP contribution >= 0.6 is 11.6 Å². The van der Waals surface area contributed by atoms with Crippen molar-refractivity contribution in [1.29, 1.82) is 0 Å². The molecule has 0 unspecified atom stereocenters. The van der Waals surface area contributed by atoms with Crippen LogP contribution in [0.4, 0.5) is 23.1 Å². The Morgan fingerprint density at radius 1 is 1.10 bits per heavy atom. The molecule has 3 aromatic rings. The number of rotatable bonds is 12. The Labute approximate surface area is 240 Å². The average Bonchev–Trinajstić information content (AvgIpc) is 3.66. The number of likely N-dealkylation sites (tertiary alicyclic amines) is 1. The number of nitrogens with zero attached hydrogens (tertiary/aromatic N) is 3. The molecule has 0 amide bonds. The van der Waals surface area contributed by atoms with Gasteiger partial charge in [-0.25, -0.2) is 18.1 Å². The molecule has 1 aromatic heterocycles. The second-order valence-electron chi connectivity index (χ2n) is 10.5. The molecule has 2 heterocycles. The molecule has 214 valence electrons. The first kappa shape index (κ1) is 28.4. The summed E-state index contributed by atoms with van der Waals surface area (Å²) < 4.78 is 40.9.